The van der Waals surface area contributed by atoms with Crippen molar-refractivity contribution >= 4 is 11.9 Å². The number of nitrogens with one attached hydrogen (secondary N) is 1. The number of esters is 1. The third-order valence-electron chi connectivity index (χ3n) is 3.04. The smallest absolute Gasteiger partial charge is 0.337 e. The maximum atomic E-state index is 11.3. The zero-order valence-corrected chi connectivity index (χ0v) is 13.0. The molecule has 2 N–H and O–H groups in total. The molecule has 118 valence electrons. The summed E-state index contributed by atoms with van der Waals surface area (Å²) < 4.78 is 4.74. The van der Waals surface area contributed by atoms with Crippen LogP contribution < -0.4 is 5.32 Å². The molecule has 5 nitrogen and oxygen atoms in total. The van der Waals surface area contributed by atoms with Gasteiger partial charge in [-0.25, -0.2) is 9.59 Å². The van der Waals surface area contributed by atoms with E-state index in [1.54, 1.807) is 13.8 Å². The molecule has 22 heavy (non-hydrogen) atoms. The van der Waals surface area contributed by atoms with E-state index < -0.39 is 11.9 Å². The third-order valence-corrected chi connectivity index (χ3v) is 3.04. The molecule has 0 aromatic heterocycles. The summed E-state index contributed by atoms with van der Waals surface area (Å²) in [7, 11) is 0. The first kappa shape index (κ1) is 17.5. The summed E-state index contributed by atoms with van der Waals surface area (Å²) in [4.78, 5) is 22.6. The van der Waals surface area contributed by atoms with Crippen molar-refractivity contribution in [2.45, 2.75) is 26.8 Å². The Balaban J connectivity index is 2.89. The van der Waals surface area contributed by atoms with Crippen LogP contribution in [0.4, 0.5) is 0 Å². The molecular formula is C17H21NO4. The summed E-state index contributed by atoms with van der Waals surface area (Å²) in [6.45, 7) is 5.54. The number of ether oxygens (including phenoxy) is 1. The molecule has 0 saturated heterocycles. The van der Waals surface area contributed by atoms with Crippen LogP contribution in [-0.2, 0) is 14.3 Å². The largest absolute Gasteiger partial charge is 0.478 e. The molecule has 0 bridgehead atoms. The normalized spacial score (nSPS) is 13.4. The summed E-state index contributed by atoms with van der Waals surface area (Å²) in [5.74, 6) is -1.67. The van der Waals surface area contributed by atoms with Crippen LogP contribution in [0, 0.1) is 0 Å². The molecule has 1 rings (SSSR count). The van der Waals surface area contributed by atoms with Crippen LogP contribution >= 0.6 is 0 Å². The molecule has 0 heterocycles. The molecular weight excluding hydrogens is 282 g/mol. The first-order chi connectivity index (χ1) is 10.5. The molecule has 1 unspecified atom stereocenters. The highest BCUT2D eigenvalue weighted by atomic mass is 16.5. The zero-order valence-electron chi connectivity index (χ0n) is 13.0. The Bertz CT molecular complexity index is 576. The topological polar surface area (TPSA) is 75.6 Å². The van der Waals surface area contributed by atoms with E-state index in [4.69, 9.17) is 4.74 Å². The minimum atomic E-state index is -1.11. The monoisotopic (exact) mass is 303 g/mol. The van der Waals surface area contributed by atoms with E-state index in [9.17, 15) is 14.7 Å². The number of aliphatic carboxylic acids is 1. The lowest BCUT2D eigenvalue weighted by Gasteiger charge is -2.17. The highest BCUT2D eigenvalue weighted by Crippen LogP contribution is 2.15. The number of rotatable bonds is 7. The van der Waals surface area contributed by atoms with E-state index >= 15 is 0 Å². The van der Waals surface area contributed by atoms with Crippen molar-refractivity contribution in [1.29, 1.82) is 0 Å². The van der Waals surface area contributed by atoms with E-state index in [0.717, 1.165) is 11.6 Å². The van der Waals surface area contributed by atoms with Gasteiger partial charge in [0.25, 0.3) is 0 Å². The highest BCUT2D eigenvalue weighted by molar-refractivity contribution is 5.93. The second-order valence-corrected chi connectivity index (χ2v) is 4.71. The third kappa shape index (κ3) is 5.44. The second-order valence-electron chi connectivity index (χ2n) is 4.71. The van der Waals surface area contributed by atoms with Crippen molar-refractivity contribution in [2.75, 3.05) is 6.61 Å². The van der Waals surface area contributed by atoms with Crippen LogP contribution in [0.3, 0.4) is 0 Å². The van der Waals surface area contributed by atoms with E-state index in [2.05, 4.69) is 5.32 Å². The number of carbonyl (C=O) groups excluding carboxylic acids is 1. The fourth-order valence-electron chi connectivity index (χ4n) is 1.93. The Morgan fingerprint density at radius 1 is 1.27 bits per heavy atom. The molecule has 0 aliphatic rings. The quantitative estimate of drug-likeness (QED) is 0.460. The number of allylic oxidation sites excluding steroid dienone is 1. The SMILES string of the molecule is CCOC(=O)C=CC(C(=O)O)=C(C)NC(C)c1ccccc1. The molecule has 5 heteroatoms. The van der Waals surface area contributed by atoms with Crippen LogP contribution in [0.5, 0.6) is 0 Å². The van der Waals surface area contributed by atoms with Crippen molar-refractivity contribution in [2.24, 2.45) is 0 Å². The average Bonchev–Trinajstić information content (AvgIpc) is 2.48. The van der Waals surface area contributed by atoms with Crippen LogP contribution in [0.25, 0.3) is 0 Å². The van der Waals surface area contributed by atoms with Gasteiger partial charge in [-0.15, -0.1) is 0 Å². The van der Waals surface area contributed by atoms with Gasteiger partial charge in [0.1, 0.15) is 0 Å². The summed E-state index contributed by atoms with van der Waals surface area (Å²) in [5.41, 5.74) is 1.54. The maximum Gasteiger partial charge on any atom is 0.337 e. The molecule has 1 aromatic rings. The van der Waals surface area contributed by atoms with Gasteiger partial charge < -0.3 is 15.2 Å². The predicted molar refractivity (Wildman–Crippen MR) is 84.1 cm³/mol. The zero-order chi connectivity index (χ0) is 16.5. The number of benzene rings is 1. The fraction of sp³-hybridized carbons (Fsp3) is 0.294. The Hall–Kier alpha value is -2.56. The molecule has 0 spiro atoms. The maximum absolute atomic E-state index is 11.3. The van der Waals surface area contributed by atoms with Gasteiger partial charge in [-0.1, -0.05) is 30.3 Å². The summed E-state index contributed by atoms with van der Waals surface area (Å²) in [6.07, 6.45) is 2.37. The van der Waals surface area contributed by atoms with Crippen molar-refractivity contribution < 1.29 is 19.4 Å². The molecule has 0 saturated carbocycles. The van der Waals surface area contributed by atoms with Crippen LogP contribution in [-0.4, -0.2) is 23.7 Å². The summed E-state index contributed by atoms with van der Waals surface area (Å²) in [6, 6.07) is 9.63. The Labute approximate surface area is 130 Å². The number of carbonyl (C=O) groups is 2. The van der Waals surface area contributed by atoms with Gasteiger partial charge in [-0.05, 0) is 32.4 Å². The molecule has 0 amide bonds. The van der Waals surface area contributed by atoms with Crippen LogP contribution in [0.2, 0.25) is 0 Å². The number of hydrogen-bond donors (Lipinski definition) is 2. The van der Waals surface area contributed by atoms with Gasteiger partial charge in [0, 0.05) is 17.8 Å². The van der Waals surface area contributed by atoms with E-state index in [-0.39, 0.29) is 18.2 Å². The highest BCUT2D eigenvalue weighted by Gasteiger charge is 2.12. The molecule has 0 radical (unpaired) electrons. The summed E-state index contributed by atoms with van der Waals surface area (Å²) in [5, 5.41) is 12.4. The van der Waals surface area contributed by atoms with Crippen molar-refractivity contribution in [3.05, 3.63) is 59.3 Å². The van der Waals surface area contributed by atoms with Gasteiger partial charge in [0.15, 0.2) is 0 Å². The Morgan fingerprint density at radius 2 is 1.91 bits per heavy atom. The first-order valence-corrected chi connectivity index (χ1v) is 7.06. The van der Waals surface area contributed by atoms with Crippen LogP contribution in [0.15, 0.2) is 53.8 Å². The molecule has 0 fully saturated rings. The lowest BCUT2D eigenvalue weighted by atomic mass is 10.1. The summed E-state index contributed by atoms with van der Waals surface area (Å²) >= 11 is 0. The fourth-order valence-corrected chi connectivity index (χ4v) is 1.93. The van der Waals surface area contributed by atoms with Gasteiger partial charge >= 0.3 is 11.9 Å². The average molecular weight is 303 g/mol. The standard InChI is InChI=1S/C17H21NO4/c1-4-22-16(19)11-10-15(17(20)21)13(3)18-12(2)14-8-6-5-7-9-14/h5-12,18H,4H2,1-3H3,(H,20,21). The number of carboxylic acids is 1. The minimum absolute atomic E-state index is 0.0239. The molecule has 1 atom stereocenters. The van der Waals surface area contributed by atoms with E-state index in [0.29, 0.717) is 5.70 Å². The lowest BCUT2D eigenvalue weighted by molar-refractivity contribution is -0.137. The Kier molecular flexibility index (Phi) is 6.89. The Morgan fingerprint density at radius 3 is 2.45 bits per heavy atom. The molecule has 1 aromatic carbocycles. The van der Waals surface area contributed by atoms with Crippen molar-refractivity contribution in [3.8, 4) is 0 Å². The van der Waals surface area contributed by atoms with Crippen molar-refractivity contribution in [1.82, 2.24) is 5.32 Å². The minimum Gasteiger partial charge on any atom is -0.478 e. The van der Waals surface area contributed by atoms with Crippen molar-refractivity contribution in [3.63, 3.8) is 0 Å². The second kappa shape index (κ2) is 8.67. The number of hydrogen-bond acceptors (Lipinski definition) is 4. The predicted octanol–water partition coefficient (Wildman–Crippen LogP) is 2.82. The first-order valence-electron chi connectivity index (χ1n) is 7.06. The van der Waals surface area contributed by atoms with E-state index in [1.807, 2.05) is 37.3 Å². The van der Waals surface area contributed by atoms with Gasteiger partial charge in [0.05, 0.1) is 12.2 Å². The van der Waals surface area contributed by atoms with Gasteiger partial charge in [0.2, 0.25) is 0 Å². The van der Waals surface area contributed by atoms with Gasteiger partial charge in [-0.3, -0.25) is 0 Å². The lowest BCUT2D eigenvalue weighted by Crippen LogP contribution is -2.19. The van der Waals surface area contributed by atoms with Crippen LogP contribution in [0.1, 0.15) is 32.4 Å². The molecule has 0 aliphatic heterocycles. The van der Waals surface area contributed by atoms with E-state index in [1.165, 1.54) is 6.08 Å². The molecule has 0 aliphatic carbocycles. The van der Waals surface area contributed by atoms with Gasteiger partial charge in [-0.2, -0.15) is 0 Å². The number of carboxylic acid groups (broad SMARTS) is 1.